The normalized spacial score (nSPS) is 14.7. The van der Waals surface area contributed by atoms with Crippen LogP contribution in [0.25, 0.3) is 0 Å². The maximum atomic E-state index is 14.1. The fourth-order valence-electron chi connectivity index (χ4n) is 2.73. The number of hydrogen-bond acceptors (Lipinski definition) is 3. The van der Waals surface area contributed by atoms with E-state index in [1.54, 1.807) is 0 Å². The molecule has 0 heterocycles. The monoisotopic (exact) mass is 314 g/mol. The highest BCUT2D eigenvalue weighted by molar-refractivity contribution is 5.33. The molecule has 3 rings (SSSR count). The first-order valence-corrected chi connectivity index (χ1v) is 7.90. The van der Waals surface area contributed by atoms with Gasteiger partial charge >= 0.3 is 0 Å². The highest BCUT2D eigenvalue weighted by Crippen LogP contribution is 2.23. The molecule has 1 saturated carbocycles. The zero-order valence-electron chi connectivity index (χ0n) is 12.8. The van der Waals surface area contributed by atoms with Crippen molar-refractivity contribution in [1.29, 1.82) is 0 Å². The number of halogens is 1. The molecule has 0 bridgehead atoms. The van der Waals surface area contributed by atoms with E-state index in [1.165, 1.54) is 18.2 Å². The summed E-state index contributed by atoms with van der Waals surface area (Å²) in [6, 6.07) is 13.6. The van der Waals surface area contributed by atoms with Crippen LogP contribution in [0.1, 0.15) is 31.2 Å². The Morgan fingerprint density at radius 2 is 1.74 bits per heavy atom. The molecular weight excluding hydrogens is 295 g/mol. The van der Waals surface area contributed by atoms with Crippen molar-refractivity contribution < 1.29 is 13.9 Å². The van der Waals surface area contributed by atoms with E-state index in [1.807, 2.05) is 30.3 Å². The van der Waals surface area contributed by atoms with Gasteiger partial charge in [0.1, 0.15) is 6.61 Å². The molecule has 1 fully saturated rings. The summed E-state index contributed by atoms with van der Waals surface area (Å²) >= 11 is 0. The lowest BCUT2D eigenvalue weighted by atomic mass is 10.2. The third-order valence-corrected chi connectivity index (χ3v) is 3.96. The van der Waals surface area contributed by atoms with Crippen molar-refractivity contribution in [2.75, 3.05) is 0 Å². The van der Waals surface area contributed by atoms with Gasteiger partial charge in [-0.2, -0.15) is 0 Å². The van der Waals surface area contributed by atoms with Crippen LogP contribution in [0.5, 0.6) is 11.5 Å². The van der Waals surface area contributed by atoms with Gasteiger partial charge in [0.25, 0.3) is 5.43 Å². The lowest BCUT2D eigenvalue weighted by Gasteiger charge is -2.11. The van der Waals surface area contributed by atoms with E-state index in [9.17, 15) is 9.18 Å². The van der Waals surface area contributed by atoms with Gasteiger partial charge in [-0.1, -0.05) is 36.4 Å². The van der Waals surface area contributed by atoms with Crippen LogP contribution in [0, 0.1) is 5.82 Å². The van der Waals surface area contributed by atoms with Gasteiger partial charge in [-0.05, 0) is 43.4 Å². The maximum absolute atomic E-state index is 14.1. The van der Waals surface area contributed by atoms with Crippen LogP contribution in [0.2, 0.25) is 0 Å². The largest absolute Gasteiger partial charge is 0.486 e. The molecule has 0 amide bonds. The molecular formula is C19H19FO3. The Kier molecular flexibility index (Phi) is 4.91. The predicted octanol–water partition coefficient (Wildman–Crippen LogP) is 4.09. The van der Waals surface area contributed by atoms with Gasteiger partial charge < -0.3 is 9.47 Å². The summed E-state index contributed by atoms with van der Waals surface area (Å²) in [6.07, 6.45) is 4.10. The van der Waals surface area contributed by atoms with E-state index < -0.39 is 11.2 Å². The fraction of sp³-hybridized carbons (Fsp3) is 0.316. The molecule has 1 aliphatic rings. The molecule has 4 heteroatoms. The second-order valence-corrected chi connectivity index (χ2v) is 5.69. The van der Waals surface area contributed by atoms with Crippen molar-refractivity contribution in [2.24, 2.45) is 0 Å². The molecule has 0 aliphatic heterocycles. The lowest BCUT2D eigenvalue weighted by molar-refractivity contribution is 0.206. The molecule has 0 N–H and O–H groups in total. The first kappa shape index (κ1) is 15.5. The molecule has 1 aliphatic carbocycles. The third kappa shape index (κ3) is 3.89. The van der Waals surface area contributed by atoms with Crippen LogP contribution in [-0.2, 0) is 6.61 Å². The summed E-state index contributed by atoms with van der Waals surface area (Å²) in [4.78, 5) is 12.5. The minimum absolute atomic E-state index is 0.0372. The fourth-order valence-corrected chi connectivity index (χ4v) is 2.73. The Balaban J connectivity index is 1.83. The third-order valence-electron chi connectivity index (χ3n) is 3.96. The van der Waals surface area contributed by atoms with Gasteiger partial charge in [0.2, 0.25) is 5.75 Å². The van der Waals surface area contributed by atoms with Gasteiger partial charge in [0.05, 0.1) is 6.10 Å². The summed E-state index contributed by atoms with van der Waals surface area (Å²) in [5.41, 5.74) is 0.339. The molecule has 120 valence electrons. The van der Waals surface area contributed by atoms with Gasteiger partial charge in [0.15, 0.2) is 11.6 Å². The van der Waals surface area contributed by atoms with E-state index >= 15 is 0 Å². The zero-order valence-corrected chi connectivity index (χ0v) is 12.8. The lowest BCUT2D eigenvalue weighted by Crippen LogP contribution is -2.17. The van der Waals surface area contributed by atoms with E-state index in [2.05, 4.69) is 0 Å². The summed E-state index contributed by atoms with van der Waals surface area (Å²) in [5, 5.41) is 0. The molecule has 0 aromatic heterocycles. The average molecular weight is 314 g/mol. The number of benzene rings is 1. The Hall–Kier alpha value is -2.36. The molecule has 0 radical (unpaired) electrons. The minimum atomic E-state index is -0.674. The van der Waals surface area contributed by atoms with Crippen LogP contribution in [0.3, 0.4) is 0 Å². The summed E-state index contributed by atoms with van der Waals surface area (Å²) in [7, 11) is 0. The van der Waals surface area contributed by atoms with Gasteiger partial charge in [-0.3, -0.25) is 4.79 Å². The van der Waals surface area contributed by atoms with Gasteiger partial charge in [-0.15, -0.1) is 0 Å². The Bertz CT molecular complexity index is 709. The van der Waals surface area contributed by atoms with Crippen LogP contribution < -0.4 is 14.9 Å². The predicted molar refractivity (Wildman–Crippen MR) is 86.3 cm³/mol. The molecule has 23 heavy (non-hydrogen) atoms. The first-order valence-electron chi connectivity index (χ1n) is 7.90. The molecule has 0 atom stereocenters. The second-order valence-electron chi connectivity index (χ2n) is 5.69. The summed E-state index contributed by atoms with van der Waals surface area (Å²) < 4.78 is 25.3. The van der Waals surface area contributed by atoms with Crippen molar-refractivity contribution in [3.8, 4) is 11.5 Å². The van der Waals surface area contributed by atoms with Crippen LogP contribution in [0.15, 0.2) is 53.3 Å². The standard InChI is InChI=1S/C19H19FO3/c20-16-11-6-12-17(23-15-9-4-5-10-15)18(21)19(16)22-13-14-7-2-1-3-8-14/h1-3,6-8,11-12,15H,4-5,9-10,13H2. The van der Waals surface area contributed by atoms with Crippen LogP contribution in [0.4, 0.5) is 4.39 Å². The Labute approximate surface area is 134 Å². The highest BCUT2D eigenvalue weighted by Gasteiger charge is 2.19. The van der Waals surface area contributed by atoms with Gasteiger partial charge in [0, 0.05) is 0 Å². The van der Waals surface area contributed by atoms with Crippen molar-refractivity contribution in [2.45, 2.75) is 38.4 Å². The number of hydrogen-bond donors (Lipinski definition) is 0. The number of ether oxygens (including phenoxy) is 2. The Morgan fingerprint density at radius 1 is 1.00 bits per heavy atom. The van der Waals surface area contributed by atoms with E-state index in [-0.39, 0.29) is 24.2 Å². The van der Waals surface area contributed by atoms with Crippen molar-refractivity contribution >= 4 is 0 Å². The topological polar surface area (TPSA) is 35.5 Å². The zero-order chi connectivity index (χ0) is 16.1. The SMILES string of the molecule is O=c1c(OC2CCCC2)cccc(F)c1OCc1ccccc1. The van der Waals surface area contributed by atoms with Crippen LogP contribution in [-0.4, -0.2) is 6.10 Å². The van der Waals surface area contributed by atoms with E-state index in [4.69, 9.17) is 9.47 Å². The van der Waals surface area contributed by atoms with Crippen LogP contribution >= 0.6 is 0 Å². The van der Waals surface area contributed by atoms with Crippen molar-refractivity contribution in [3.63, 3.8) is 0 Å². The second kappa shape index (κ2) is 7.27. The van der Waals surface area contributed by atoms with Crippen molar-refractivity contribution in [1.82, 2.24) is 0 Å². The maximum Gasteiger partial charge on any atom is 0.265 e. The van der Waals surface area contributed by atoms with Crippen molar-refractivity contribution in [3.05, 3.63) is 70.1 Å². The smallest absolute Gasteiger partial charge is 0.265 e. The Morgan fingerprint density at radius 3 is 2.48 bits per heavy atom. The minimum Gasteiger partial charge on any atom is -0.486 e. The van der Waals surface area contributed by atoms with E-state index in [0.29, 0.717) is 0 Å². The highest BCUT2D eigenvalue weighted by atomic mass is 19.1. The molecule has 2 aromatic carbocycles. The first-order chi connectivity index (χ1) is 11.2. The molecule has 3 nitrogen and oxygen atoms in total. The summed E-state index contributed by atoms with van der Waals surface area (Å²) in [6.45, 7) is 0.139. The molecule has 2 aromatic rings. The van der Waals surface area contributed by atoms with Gasteiger partial charge in [-0.25, -0.2) is 4.39 Å². The quantitative estimate of drug-likeness (QED) is 0.834. The summed E-state index contributed by atoms with van der Waals surface area (Å²) in [5.74, 6) is -0.803. The molecule has 0 saturated heterocycles. The van der Waals surface area contributed by atoms with E-state index in [0.717, 1.165) is 31.2 Å². The molecule has 0 unspecified atom stereocenters. The molecule has 0 spiro atoms. The average Bonchev–Trinajstić information content (AvgIpc) is 3.03. The number of rotatable bonds is 5.